The first kappa shape index (κ1) is 18.2. The Bertz CT molecular complexity index is 828. The fraction of sp³-hybridized carbons (Fsp3) is 0.133. The molecular formula is C15H14ClFN2O4S. The molecule has 0 fully saturated rings. The molecule has 2 aromatic rings. The highest BCUT2D eigenvalue weighted by Crippen LogP contribution is 2.19. The maximum Gasteiger partial charge on any atom is 0.275 e. The highest BCUT2D eigenvalue weighted by atomic mass is 35.5. The van der Waals surface area contributed by atoms with E-state index in [0.29, 0.717) is 0 Å². The maximum absolute atomic E-state index is 12.8. The molecule has 24 heavy (non-hydrogen) atoms. The molecule has 128 valence electrons. The first-order chi connectivity index (χ1) is 11.3. The zero-order chi connectivity index (χ0) is 17.7. The number of halogens is 2. The van der Waals surface area contributed by atoms with Gasteiger partial charge in [-0.15, -0.1) is 4.83 Å². The van der Waals surface area contributed by atoms with Gasteiger partial charge in [-0.2, -0.15) is 0 Å². The number of rotatable bonds is 6. The van der Waals surface area contributed by atoms with Crippen LogP contribution in [0.4, 0.5) is 4.39 Å². The number of hydrazine groups is 1. The van der Waals surface area contributed by atoms with E-state index in [1.54, 1.807) is 6.07 Å². The van der Waals surface area contributed by atoms with Crippen LogP contribution in [0.3, 0.4) is 0 Å². The summed E-state index contributed by atoms with van der Waals surface area (Å²) in [6.07, 6.45) is -1.01. The van der Waals surface area contributed by atoms with Crippen molar-refractivity contribution in [1.29, 1.82) is 0 Å². The average molecular weight is 373 g/mol. The lowest BCUT2D eigenvalue weighted by molar-refractivity contribution is -0.127. The van der Waals surface area contributed by atoms with Gasteiger partial charge < -0.3 is 4.74 Å². The fourth-order valence-electron chi connectivity index (χ4n) is 1.71. The summed E-state index contributed by atoms with van der Waals surface area (Å²) in [5, 5.41) is 0.0230. The van der Waals surface area contributed by atoms with E-state index >= 15 is 0 Å². The third-order valence-corrected chi connectivity index (χ3v) is 4.68. The van der Waals surface area contributed by atoms with Crippen molar-refractivity contribution >= 4 is 27.5 Å². The van der Waals surface area contributed by atoms with Gasteiger partial charge in [0.25, 0.3) is 15.9 Å². The molecule has 2 N–H and O–H groups in total. The van der Waals surface area contributed by atoms with Gasteiger partial charge in [0.05, 0.1) is 5.02 Å². The predicted octanol–water partition coefficient (Wildman–Crippen LogP) is 2.26. The first-order valence-corrected chi connectivity index (χ1v) is 8.64. The Labute approximate surface area is 143 Å². The third kappa shape index (κ3) is 4.67. The number of amides is 1. The lowest BCUT2D eigenvalue weighted by atomic mass is 10.3. The molecular weight excluding hydrogens is 359 g/mol. The number of hydrogen-bond acceptors (Lipinski definition) is 4. The van der Waals surface area contributed by atoms with E-state index in [-0.39, 0.29) is 15.7 Å². The van der Waals surface area contributed by atoms with Gasteiger partial charge in [0.15, 0.2) is 6.10 Å². The van der Waals surface area contributed by atoms with Crippen LogP contribution in [-0.2, 0) is 14.8 Å². The van der Waals surface area contributed by atoms with Crippen LogP contribution in [0.15, 0.2) is 53.4 Å². The largest absolute Gasteiger partial charge is 0.481 e. The van der Waals surface area contributed by atoms with Crippen LogP contribution in [-0.4, -0.2) is 20.4 Å². The molecule has 2 rings (SSSR count). The standard InChI is InChI=1S/C15H14ClFN2O4S/c1-10(23-12-8-6-11(17)7-9-12)15(20)18-19-24(21,22)14-5-3-2-4-13(14)16/h2-10,19H,1H3,(H,18,20)/t10-/m1/s1. The van der Waals surface area contributed by atoms with Crippen molar-refractivity contribution in [2.24, 2.45) is 0 Å². The van der Waals surface area contributed by atoms with Crippen molar-refractivity contribution in [2.45, 2.75) is 17.9 Å². The number of sulfonamides is 1. The van der Waals surface area contributed by atoms with Crippen LogP contribution < -0.4 is 15.0 Å². The van der Waals surface area contributed by atoms with E-state index in [1.807, 2.05) is 10.3 Å². The molecule has 9 heteroatoms. The van der Waals surface area contributed by atoms with Crippen LogP contribution in [0.25, 0.3) is 0 Å². The zero-order valence-corrected chi connectivity index (χ0v) is 14.1. The quantitative estimate of drug-likeness (QED) is 0.762. The predicted molar refractivity (Wildman–Crippen MR) is 86.4 cm³/mol. The topological polar surface area (TPSA) is 84.5 Å². The zero-order valence-electron chi connectivity index (χ0n) is 12.5. The van der Waals surface area contributed by atoms with Crippen LogP contribution in [0.1, 0.15) is 6.92 Å². The van der Waals surface area contributed by atoms with Gasteiger partial charge in [-0.1, -0.05) is 23.7 Å². The van der Waals surface area contributed by atoms with Gasteiger partial charge in [-0.05, 0) is 43.3 Å². The minimum atomic E-state index is -4.02. The van der Waals surface area contributed by atoms with E-state index in [0.717, 1.165) is 0 Å². The molecule has 0 unspecified atom stereocenters. The number of benzene rings is 2. The van der Waals surface area contributed by atoms with Crippen molar-refractivity contribution in [2.75, 3.05) is 0 Å². The lowest BCUT2D eigenvalue weighted by Crippen LogP contribution is -2.47. The second-order valence-corrected chi connectivity index (χ2v) is 6.80. The average Bonchev–Trinajstić information content (AvgIpc) is 2.55. The summed E-state index contributed by atoms with van der Waals surface area (Å²) >= 11 is 5.82. The minimum Gasteiger partial charge on any atom is -0.481 e. The van der Waals surface area contributed by atoms with Crippen LogP contribution in [0.5, 0.6) is 5.75 Å². The summed E-state index contributed by atoms with van der Waals surface area (Å²) in [6, 6.07) is 10.9. The molecule has 0 aliphatic carbocycles. The summed E-state index contributed by atoms with van der Waals surface area (Å²) in [5.74, 6) is -0.894. The third-order valence-electron chi connectivity index (χ3n) is 2.93. The van der Waals surface area contributed by atoms with Crippen molar-refractivity contribution in [3.63, 3.8) is 0 Å². The molecule has 0 radical (unpaired) electrons. The molecule has 0 saturated carbocycles. The smallest absolute Gasteiger partial charge is 0.275 e. The Balaban J connectivity index is 1.97. The second-order valence-electron chi connectivity index (χ2n) is 4.74. The molecule has 0 aliphatic rings. The molecule has 1 atom stereocenters. The Hall–Kier alpha value is -2.16. The number of nitrogens with one attached hydrogen (secondary N) is 2. The van der Waals surface area contributed by atoms with E-state index in [2.05, 4.69) is 0 Å². The minimum absolute atomic E-state index is 0.0230. The van der Waals surface area contributed by atoms with Crippen molar-refractivity contribution in [3.8, 4) is 5.75 Å². The normalized spacial score (nSPS) is 12.5. The van der Waals surface area contributed by atoms with Gasteiger partial charge in [0.1, 0.15) is 16.5 Å². The van der Waals surface area contributed by atoms with Gasteiger partial charge in [-0.25, -0.2) is 12.8 Å². The van der Waals surface area contributed by atoms with Crippen LogP contribution in [0, 0.1) is 5.82 Å². The van der Waals surface area contributed by atoms with Crippen LogP contribution in [0.2, 0.25) is 5.02 Å². The molecule has 0 heterocycles. The maximum atomic E-state index is 12.8. The molecule has 0 aliphatic heterocycles. The second kappa shape index (κ2) is 7.61. The first-order valence-electron chi connectivity index (χ1n) is 6.78. The van der Waals surface area contributed by atoms with E-state index in [4.69, 9.17) is 16.3 Å². The fourth-order valence-corrected chi connectivity index (χ4v) is 3.08. The van der Waals surface area contributed by atoms with E-state index < -0.39 is 27.9 Å². The lowest BCUT2D eigenvalue weighted by Gasteiger charge is -2.15. The molecule has 2 aromatic carbocycles. The van der Waals surface area contributed by atoms with Crippen molar-refractivity contribution in [1.82, 2.24) is 10.3 Å². The Morgan fingerprint density at radius 3 is 2.42 bits per heavy atom. The highest BCUT2D eigenvalue weighted by Gasteiger charge is 2.21. The number of ether oxygens (including phenoxy) is 1. The van der Waals surface area contributed by atoms with Gasteiger partial charge in [0.2, 0.25) is 0 Å². The Morgan fingerprint density at radius 1 is 1.17 bits per heavy atom. The highest BCUT2D eigenvalue weighted by molar-refractivity contribution is 7.89. The van der Waals surface area contributed by atoms with Crippen molar-refractivity contribution in [3.05, 3.63) is 59.4 Å². The van der Waals surface area contributed by atoms with Gasteiger partial charge in [-0.3, -0.25) is 10.2 Å². The number of carbonyl (C=O) groups excluding carboxylic acids is 1. The summed E-state index contributed by atoms with van der Waals surface area (Å²) in [5.41, 5.74) is 2.05. The van der Waals surface area contributed by atoms with E-state index in [1.165, 1.54) is 49.4 Å². The van der Waals surface area contributed by atoms with Crippen LogP contribution >= 0.6 is 11.6 Å². The SMILES string of the molecule is C[C@@H](Oc1ccc(F)cc1)C(=O)NNS(=O)(=O)c1ccccc1Cl. The molecule has 6 nitrogen and oxygen atoms in total. The Kier molecular flexibility index (Phi) is 5.76. The number of hydrogen-bond donors (Lipinski definition) is 2. The van der Waals surface area contributed by atoms with Crippen molar-refractivity contribution < 1.29 is 22.3 Å². The summed E-state index contributed by atoms with van der Waals surface area (Å²) in [7, 11) is -4.02. The monoisotopic (exact) mass is 372 g/mol. The molecule has 0 spiro atoms. The van der Waals surface area contributed by atoms with Gasteiger partial charge >= 0.3 is 0 Å². The number of carbonyl (C=O) groups is 1. The Morgan fingerprint density at radius 2 is 1.79 bits per heavy atom. The molecule has 0 saturated heterocycles. The van der Waals surface area contributed by atoms with Gasteiger partial charge in [0, 0.05) is 0 Å². The molecule has 0 bridgehead atoms. The van der Waals surface area contributed by atoms with E-state index in [9.17, 15) is 17.6 Å². The summed E-state index contributed by atoms with van der Waals surface area (Å²) in [6.45, 7) is 1.42. The molecule has 1 amide bonds. The summed E-state index contributed by atoms with van der Waals surface area (Å²) in [4.78, 5) is 13.7. The molecule has 0 aromatic heterocycles. The summed E-state index contributed by atoms with van der Waals surface area (Å²) < 4.78 is 42.3.